The van der Waals surface area contributed by atoms with Gasteiger partial charge in [-0.1, -0.05) is 6.07 Å². The normalized spacial score (nSPS) is 14.7. The summed E-state index contributed by atoms with van der Waals surface area (Å²) in [6.07, 6.45) is 0. The predicted octanol–water partition coefficient (Wildman–Crippen LogP) is 3.31. The number of halogens is 2. The van der Waals surface area contributed by atoms with E-state index >= 15 is 0 Å². The molecule has 0 aromatic heterocycles. The molecule has 1 aliphatic heterocycles. The maximum atomic E-state index is 13.8. The molecular formula is C18H17F2N2O4+. The van der Waals surface area contributed by atoms with Crippen LogP contribution in [0.2, 0.25) is 0 Å². The minimum Gasteiger partial charge on any atom is -0.481 e. The fourth-order valence-electron chi connectivity index (χ4n) is 2.78. The van der Waals surface area contributed by atoms with Gasteiger partial charge in [0, 0.05) is 41.4 Å². The summed E-state index contributed by atoms with van der Waals surface area (Å²) < 4.78 is 32.8. The van der Waals surface area contributed by atoms with Crippen molar-refractivity contribution in [3.05, 3.63) is 58.5 Å². The monoisotopic (exact) mass is 363 g/mol. The van der Waals surface area contributed by atoms with Crippen molar-refractivity contribution in [3.63, 3.8) is 0 Å². The molecule has 0 aliphatic carbocycles. The van der Waals surface area contributed by atoms with Crippen LogP contribution < -0.4 is 4.74 Å². The largest absolute Gasteiger partial charge is 0.481 e. The number of aliphatic carboxylic acids is 1. The summed E-state index contributed by atoms with van der Waals surface area (Å²) in [4.78, 5) is 24.6. The second kappa shape index (κ2) is 7.17. The van der Waals surface area contributed by atoms with Gasteiger partial charge in [0.05, 0.1) is 5.92 Å². The lowest BCUT2D eigenvalue weighted by molar-refractivity contribution is -0.429. The van der Waals surface area contributed by atoms with Crippen LogP contribution in [0.3, 0.4) is 0 Å². The highest BCUT2D eigenvalue weighted by Crippen LogP contribution is 2.34. The molecule has 2 aromatic carbocycles. The Kier molecular flexibility index (Phi) is 4.94. The van der Waals surface area contributed by atoms with Gasteiger partial charge in [-0.05, 0) is 23.8 Å². The third-order valence-electron chi connectivity index (χ3n) is 4.19. The Bertz CT molecular complexity index is 866. The first-order valence-electron chi connectivity index (χ1n) is 7.95. The molecule has 1 heterocycles. The zero-order valence-corrected chi connectivity index (χ0v) is 14.0. The molecule has 2 aromatic rings. The number of carbonyl (C=O) groups is 1. The summed E-state index contributed by atoms with van der Waals surface area (Å²) in [7, 11) is 1.29. The summed E-state index contributed by atoms with van der Waals surface area (Å²) in [5, 5.41) is 8.90. The zero-order chi connectivity index (χ0) is 18.8. The van der Waals surface area contributed by atoms with E-state index in [1.165, 1.54) is 13.1 Å². The Balaban J connectivity index is 1.77. The molecule has 0 atom stereocenters. The second-order valence-corrected chi connectivity index (χ2v) is 6.21. The first-order chi connectivity index (χ1) is 12.3. The molecule has 0 saturated carbocycles. The van der Waals surface area contributed by atoms with E-state index in [0.29, 0.717) is 30.5 Å². The fourth-order valence-corrected chi connectivity index (χ4v) is 2.78. The standard InChI is InChI=1S/C18H16F2N2O4/c1-21(25)15-6-11(8-22-9-12(10-22)18(23)24)2-4-17(15)26-16-5-3-13(19)7-14(16)20/h2-7,12H,8-10H2,1H3/p+1. The van der Waals surface area contributed by atoms with Crippen LogP contribution in [0.15, 0.2) is 36.4 Å². The van der Waals surface area contributed by atoms with Gasteiger partial charge in [0.25, 0.3) is 5.69 Å². The van der Waals surface area contributed by atoms with Crippen molar-refractivity contribution in [3.8, 4) is 11.5 Å². The molecule has 0 radical (unpaired) electrons. The number of nitroso groups, excluding NO2 is 1. The number of likely N-dealkylation sites (tertiary alicyclic amines) is 1. The topological polar surface area (TPSA) is 69.9 Å². The van der Waals surface area contributed by atoms with Crippen LogP contribution in [0.4, 0.5) is 14.5 Å². The van der Waals surface area contributed by atoms with Crippen molar-refractivity contribution in [2.24, 2.45) is 5.92 Å². The first-order valence-corrected chi connectivity index (χ1v) is 7.95. The average molecular weight is 363 g/mol. The molecule has 0 amide bonds. The van der Waals surface area contributed by atoms with Gasteiger partial charge in [-0.15, -0.1) is 0 Å². The Morgan fingerprint density at radius 1 is 1.23 bits per heavy atom. The average Bonchev–Trinajstić information content (AvgIpc) is 2.53. The maximum Gasteiger partial charge on any atom is 0.309 e. The van der Waals surface area contributed by atoms with Crippen molar-refractivity contribution < 1.29 is 28.2 Å². The van der Waals surface area contributed by atoms with E-state index in [0.717, 1.165) is 17.7 Å². The van der Waals surface area contributed by atoms with E-state index in [9.17, 15) is 18.5 Å². The third-order valence-corrected chi connectivity index (χ3v) is 4.19. The summed E-state index contributed by atoms with van der Waals surface area (Å²) >= 11 is 0. The van der Waals surface area contributed by atoms with Gasteiger partial charge in [-0.2, -0.15) is 0 Å². The van der Waals surface area contributed by atoms with Gasteiger partial charge in [0.1, 0.15) is 5.82 Å². The maximum absolute atomic E-state index is 13.8. The molecule has 0 unspecified atom stereocenters. The number of carboxylic acids is 1. The van der Waals surface area contributed by atoms with Gasteiger partial charge in [-0.3, -0.25) is 9.69 Å². The number of benzene rings is 2. The Labute approximate surface area is 148 Å². The van der Waals surface area contributed by atoms with Gasteiger partial charge >= 0.3 is 5.97 Å². The molecule has 0 bridgehead atoms. The quantitative estimate of drug-likeness (QED) is 0.798. The highest BCUT2D eigenvalue weighted by molar-refractivity contribution is 5.71. The van der Waals surface area contributed by atoms with Crippen molar-refractivity contribution in [1.29, 1.82) is 0 Å². The molecule has 8 heteroatoms. The van der Waals surface area contributed by atoms with E-state index in [-0.39, 0.29) is 23.1 Å². The van der Waals surface area contributed by atoms with Gasteiger partial charge in [0.2, 0.25) is 5.75 Å². The zero-order valence-electron chi connectivity index (χ0n) is 14.0. The van der Waals surface area contributed by atoms with E-state index in [2.05, 4.69) is 0 Å². The Hall–Kier alpha value is -2.87. The van der Waals surface area contributed by atoms with E-state index < -0.39 is 17.6 Å². The number of carboxylic acid groups (broad SMARTS) is 1. The summed E-state index contributed by atoms with van der Waals surface area (Å²) in [5.74, 6) is -2.81. The van der Waals surface area contributed by atoms with E-state index in [4.69, 9.17) is 9.84 Å². The van der Waals surface area contributed by atoms with Crippen LogP contribution in [0.25, 0.3) is 0 Å². The molecule has 1 N–H and O–H groups in total. The third kappa shape index (κ3) is 3.85. The van der Waals surface area contributed by atoms with Crippen molar-refractivity contribution in [2.45, 2.75) is 6.54 Å². The molecule has 6 nitrogen and oxygen atoms in total. The number of ether oxygens (including phenoxy) is 1. The van der Waals surface area contributed by atoms with Crippen LogP contribution in [0.1, 0.15) is 5.56 Å². The Morgan fingerprint density at radius 2 is 1.92 bits per heavy atom. The lowest BCUT2D eigenvalue weighted by Gasteiger charge is -2.36. The summed E-state index contributed by atoms with van der Waals surface area (Å²) in [6.45, 7) is 1.41. The van der Waals surface area contributed by atoms with Crippen LogP contribution in [0.5, 0.6) is 11.5 Å². The minimum atomic E-state index is -0.867. The number of rotatable bonds is 6. The predicted molar refractivity (Wildman–Crippen MR) is 88.5 cm³/mol. The SMILES string of the molecule is C[N+](=O)c1cc(CN2CC(C(=O)O)C2)ccc1Oc1ccc(F)cc1F. The van der Waals surface area contributed by atoms with Gasteiger partial charge < -0.3 is 9.84 Å². The van der Waals surface area contributed by atoms with Crippen molar-refractivity contribution >= 4 is 11.7 Å². The van der Waals surface area contributed by atoms with Crippen molar-refractivity contribution in [1.82, 2.24) is 4.90 Å². The van der Waals surface area contributed by atoms with Crippen LogP contribution in [-0.2, 0) is 11.3 Å². The Morgan fingerprint density at radius 3 is 2.54 bits per heavy atom. The molecule has 26 heavy (non-hydrogen) atoms. The minimum absolute atomic E-state index is 0.142. The smallest absolute Gasteiger partial charge is 0.309 e. The van der Waals surface area contributed by atoms with Crippen LogP contribution >= 0.6 is 0 Å². The molecule has 0 spiro atoms. The highest BCUT2D eigenvalue weighted by Gasteiger charge is 2.32. The van der Waals surface area contributed by atoms with Crippen LogP contribution in [-0.4, -0.2) is 40.9 Å². The molecular weight excluding hydrogens is 346 g/mol. The number of nitrogens with zero attached hydrogens (tertiary/aromatic N) is 2. The summed E-state index contributed by atoms with van der Waals surface area (Å²) in [5.41, 5.74) is 1.000. The van der Waals surface area contributed by atoms with E-state index in [1.54, 1.807) is 12.1 Å². The summed E-state index contributed by atoms with van der Waals surface area (Å²) in [6, 6.07) is 7.79. The van der Waals surface area contributed by atoms with Gasteiger partial charge in [-0.25, -0.2) is 8.78 Å². The molecule has 1 saturated heterocycles. The molecule has 136 valence electrons. The molecule has 1 aliphatic rings. The number of hydrogen-bond donors (Lipinski definition) is 1. The lowest BCUT2D eigenvalue weighted by Crippen LogP contribution is -2.49. The van der Waals surface area contributed by atoms with Crippen LogP contribution in [0, 0.1) is 22.5 Å². The van der Waals surface area contributed by atoms with Crippen molar-refractivity contribution in [2.75, 3.05) is 20.1 Å². The fraction of sp³-hybridized carbons (Fsp3) is 0.278. The first kappa shape index (κ1) is 17.9. The highest BCUT2D eigenvalue weighted by atomic mass is 19.1. The molecule has 1 fully saturated rings. The van der Waals surface area contributed by atoms with E-state index in [1.807, 2.05) is 4.90 Å². The number of hydrogen-bond acceptors (Lipinski definition) is 4. The lowest BCUT2D eigenvalue weighted by atomic mass is 9.99. The molecule has 3 rings (SSSR count). The second-order valence-electron chi connectivity index (χ2n) is 6.21. The van der Waals surface area contributed by atoms with Gasteiger partial charge in [0.15, 0.2) is 18.6 Å².